The molecule has 0 amide bonds. The molecule has 8 unspecified atom stereocenters. The molecule has 0 aromatic rings. The van der Waals surface area contributed by atoms with E-state index in [-0.39, 0.29) is 0 Å². The van der Waals surface area contributed by atoms with Crippen LogP contribution in [0.4, 0.5) is 0 Å². The molecular formula is C29H46. The van der Waals surface area contributed by atoms with E-state index in [0.29, 0.717) is 22.7 Å². The molecule has 0 heteroatoms. The third kappa shape index (κ3) is 3.51. The fourth-order valence-electron chi connectivity index (χ4n) is 7.80. The zero-order chi connectivity index (χ0) is 21.0. The molecule has 3 saturated carbocycles. The molecule has 0 heterocycles. The lowest BCUT2D eigenvalue weighted by atomic mass is 9.49. The molecule has 4 aliphatic carbocycles. The molecule has 0 bridgehead atoms. The minimum atomic E-state index is 0.466. The van der Waals surface area contributed by atoms with Gasteiger partial charge in [-0.15, -0.1) is 0 Å². The highest BCUT2D eigenvalue weighted by Gasteiger charge is 2.56. The Bertz CT molecular complexity index is 706. The third-order valence-electron chi connectivity index (χ3n) is 10.3. The molecule has 0 nitrogen and oxygen atoms in total. The van der Waals surface area contributed by atoms with Crippen molar-refractivity contribution in [1.82, 2.24) is 0 Å². The number of hydrogen-bond donors (Lipinski definition) is 0. The van der Waals surface area contributed by atoms with Gasteiger partial charge in [-0.2, -0.15) is 0 Å². The van der Waals surface area contributed by atoms with Crippen molar-refractivity contribution in [2.45, 2.75) is 93.4 Å². The monoisotopic (exact) mass is 394 g/mol. The minimum absolute atomic E-state index is 0.466. The van der Waals surface area contributed by atoms with E-state index in [4.69, 9.17) is 0 Å². The standard InChI is InChI=1S/C29H46/c1-19(2)21(4)8-9-22(5)25-12-13-26-24-11-10-23-18-20(3)14-16-28(23,6)27(24)15-17-29(25,26)7/h8-11,19-22,25-27H,12-18H2,1-7H3. The van der Waals surface area contributed by atoms with Crippen molar-refractivity contribution in [1.29, 1.82) is 0 Å². The van der Waals surface area contributed by atoms with Crippen LogP contribution in [-0.2, 0) is 0 Å². The van der Waals surface area contributed by atoms with Crippen LogP contribution in [0.15, 0.2) is 35.5 Å². The first-order valence-corrected chi connectivity index (χ1v) is 12.8. The number of fused-ring (bicyclic) bond motifs is 5. The normalized spacial score (nSPS) is 44.0. The highest BCUT2D eigenvalue weighted by molar-refractivity contribution is 5.38. The van der Waals surface area contributed by atoms with Crippen molar-refractivity contribution >= 4 is 0 Å². The summed E-state index contributed by atoms with van der Waals surface area (Å²) in [5.41, 5.74) is 4.61. The summed E-state index contributed by atoms with van der Waals surface area (Å²) in [6, 6.07) is 0. The van der Waals surface area contributed by atoms with E-state index in [0.717, 1.165) is 29.6 Å². The first-order valence-electron chi connectivity index (χ1n) is 12.8. The highest BCUT2D eigenvalue weighted by atomic mass is 14.6. The Morgan fingerprint density at radius 3 is 2.38 bits per heavy atom. The van der Waals surface area contributed by atoms with Gasteiger partial charge in [-0.25, -0.2) is 0 Å². The van der Waals surface area contributed by atoms with Gasteiger partial charge in [0.05, 0.1) is 0 Å². The molecule has 4 rings (SSSR count). The Morgan fingerprint density at radius 2 is 1.66 bits per heavy atom. The topological polar surface area (TPSA) is 0 Å². The van der Waals surface area contributed by atoms with Crippen LogP contribution in [-0.4, -0.2) is 0 Å². The number of allylic oxidation sites excluding steroid dienone is 6. The Balaban J connectivity index is 1.57. The van der Waals surface area contributed by atoms with E-state index >= 15 is 0 Å². The second-order valence-electron chi connectivity index (χ2n) is 12.3. The van der Waals surface area contributed by atoms with Crippen LogP contribution in [0.2, 0.25) is 0 Å². The number of hydrogen-bond acceptors (Lipinski definition) is 0. The van der Waals surface area contributed by atoms with Gasteiger partial charge in [-0.3, -0.25) is 0 Å². The fraction of sp³-hybridized carbons (Fsp3) is 0.793. The Hall–Kier alpha value is -0.780. The van der Waals surface area contributed by atoms with Crippen LogP contribution in [0.5, 0.6) is 0 Å². The smallest absolute Gasteiger partial charge is 0.00474 e. The van der Waals surface area contributed by atoms with Gasteiger partial charge in [-0.05, 0) is 97.2 Å². The summed E-state index contributed by atoms with van der Waals surface area (Å²) in [6.07, 6.45) is 20.2. The third-order valence-corrected chi connectivity index (χ3v) is 10.3. The maximum Gasteiger partial charge on any atom is -0.00474 e. The molecule has 0 saturated heterocycles. The largest absolute Gasteiger partial charge is 0.0852 e. The second-order valence-corrected chi connectivity index (χ2v) is 12.3. The second kappa shape index (κ2) is 7.72. The first kappa shape index (κ1) is 21.5. The van der Waals surface area contributed by atoms with Gasteiger partial charge >= 0.3 is 0 Å². The van der Waals surface area contributed by atoms with E-state index in [1.807, 2.05) is 5.57 Å². The van der Waals surface area contributed by atoms with Gasteiger partial charge in [0.1, 0.15) is 0 Å². The molecule has 0 aliphatic heterocycles. The van der Waals surface area contributed by atoms with Gasteiger partial charge in [0.25, 0.3) is 0 Å². The predicted octanol–water partition coefficient (Wildman–Crippen LogP) is 8.61. The Kier molecular flexibility index (Phi) is 5.71. The van der Waals surface area contributed by atoms with Crippen molar-refractivity contribution in [2.75, 3.05) is 0 Å². The molecule has 0 aromatic carbocycles. The summed E-state index contributed by atoms with van der Waals surface area (Å²) in [7, 11) is 0. The molecule has 0 N–H and O–H groups in total. The lowest BCUT2D eigenvalue weighted by Crippen LogP contribution is -2.45. The summed E-state index contributed by atoms with van der Waals surface area (Å²) in [6.45, 7) is 17.3. The highest BCUT2D eigenvalue weighted by Crippen LogP contribution is 2.66. The van der Waals surface area contributed by atoms with E-state index in [9.17, 15) is 0 Å². The van der Waals surface area contributed by atoms with Crippen molar-refractivity contribution < 1.29 is 0 Å². The maximum absolute atomic E-state index is 2.66. The molecule has 29 heavy (non-hydrogen) atoms. The molecular weight excluding hydrogens is 348 g/mol. The molecule has 4 aliphatic rings. The SMILES string of the molecule is CC1CCC2(C)C(=CC=C3C2CCC2(C)C3CCC2C(C)C=CC(C)C(C)C)C1. The molecule has 0 spiro atoms. The average molecular weight is 395 g/mol. The zero-order valence-electron chi connectivity index (χ0n) is 20.3. The van der Waals surface area contributed by atoms with Crippen LogP contribution in [0, 0.1) is 52.3 Å². The summed E-state index contributed by atoms with van der Waals surface area (Å²) < 4.78 is 0. The number of rotatable bonds is 4. The Morgan fingerprint density at radius 1 is 0.897 bits per heavy atom. The quantitative estimate of drug-likeness (QED) is 0.419. The lowest BCUT2D eigenvalue weighted by molar-refractivity contribution is 0.0539. The summed E-state index contributed by atoms with van der Waals surface area (Å²) in [4.78, 5) is 0. The van der Waals surface area contributed by atoms with E-state index in [1.54, 1.807) is 5.57 Å². The van der Waals surface area contributed by atoms with Gasteiger partial charge in [0.2, 0.25) is 0 Å². The van der Waals surface area contributed by atoms with Crippen molar-refractivity contribution in [3.05, 3.63) is 35.5 Å². The zero-order valence-corrected chi connectivity index (χ0v) is 20.3. The van der Waals surface area contributed by atoms with Gasteiger partial charge in [-0.1, -0.05) is 83.9 Å². The molecule has 0 aromatic heterocycles. The Labute approximate surface area is 181 Å². The van der Waals surface area contributed by atoms with E-state index < -0.39 is 0 Å². The van der Waals surface area contributed by atoms with Gasteiger partial charge < -0.3 is 0 Å². The molecule has 162 valence electrons. The van der Waals surface area contributed by atoms with Crippen molar-refractivity contribution in [3.63, 3.8) is 0 Å². The lowest BCUT2D eigenvalue weighted by Gasteiger charge is -2.55. The minimum Gasteiger partial charge on any atom is -0.0852 e. The van der Waals surface area contributed by atoms with Gasteiger partial charge in [0.15, 0.2) is 0 Å². The molecule has 3 fully saturated rings. The summed E-state index contributed by atoms with van der Waals surface area (Å²) in [5, 5.41) is 0. The fourth-order valence-corrected chi connectivity index (χ4v) is 7.80. The van der Waals surface area contributed by atoms with Crippen LogP contribution < -0.4 is 0 Å². The summed E-state index contributed by atoms with van der Waals surface area (Å²) in [5.74, 6) is 5.55. The van der Waals surface area contributed by atoms with Crippen molar-refractivity contribution in [3.8, 4) is 0 Å². The van der Waals surface area contributed by atoms with Crippen LogP contribution in [0.1, 0.15) is 93.4 Å². The van der Waals surface area contributed by atoms with E-state index in [2.05, 4.69) is 72.8 Å². The first-order chi connectivity index (χ1) is 13.7. The van der Waals surface area contributed by atoms with Crippen LogP contribution in [0.3, 0.4) is 0 Å². The maximum atomic E-state index is 2.66. The van der Waals surface area contributed by atoms with Crippen LogP contribution >= 0.6 is 0 Å². The molecule has 8 atom stereocenters. The summed E-state index contributed by atoms with van der Waals surface area (Å²) >= 11 is 0. The molecule has 0 radical (unpaired) electrons. The van der Waals surface area contributed by atoms with Gasteiger partial charge in [0, 0.05) is 0 Å². The average Bonchev–Trinajstić information content (AvgIpc) is 3.03. The van der Waals surface area contributed by atoms with Crippen molar-refractivity contribution in [2.24, 2.45) is 52.3 Å². The predicted molar refractivity (Wildman–Crippen MR) is 127 cm³/mol. The van der Waals surface area contributed by atoms with E-state index in [1.165, 1.54) is 44.9 Å². The van der Waals surface area contributed by atoms with Crippen LogP contribution in [0.25, 0.3) is 0 Å².